The first-order valence-electron chi connectivity index (χ1n) is 11.7. The molecule has 35 heavy (non-hydrogen) atoms. The highest BCUT2D eigenvalue weighted by Crippen LogP contribution is 2.39. The molecule has 2 N–H and O–H groups in total. The van der Waals surface area contributed by atoms with E-state index in [0.29, 0.717) is 46.8 Å². The third-order valence-corrected chi connectivity index (χ3v) is 5.90. The van der Waals surface area contributed by atoms with Crippen molar-refractivity contribution >= 4 is 17.5 Å². The van der Waals surface area contributed by atoms with Crippen molar-refractivity contribution in [2.75, 3.05) is 31.5 Å². The van der Waals surface area contributed by atoms with Crippen molar-refractivity contribution in [2.45, 2.75) is 39.2 Å². The van der Waals surface area contributed by atoms with E-state index in [1.54, 1.807) is 31.0 Å². The lowest BCUT2D eigenvalue weighted by Crippen LogP contribution is -2.31. The minimum atomic E-state index is -0.522. The molecule has 0 saturated heterocycles. The third-order valence-electron chi connectivity index (χ3n) is 5.90. The Labute approximate surface area is 205 Å². The number of methoxy groups -OCH3 is 2. The van der Waals surface area contributed by atoms with Gasteiger partial charge in [0, 0.05) is 5.70 Å². The summed E-state index contributed by atoms with van der Waals surface area (Å²) in [5.74, 6) is 2.12. The van der Waals surface area contributed by atoms with Gasteiger partial charge in [-0.3, -0.25) is 4.79 Å². The number of hydrogen-bond donors (Lipinski definition) is 2. The lowest BCUT2D eigenvalue weighted by atomic mass is 9.94. The van der Waals surface area contributed by atoms with E-state index in [1.807, 2.05) is 37.3 Å². The number of unbranched alkanes of at least 4 members (excludes halogenated alkanes) is 2. The lowest BCUT2D eigenvalue weighted by Gasteiger charge is -2.29. The summed E-state index contributed by atoms with van der Waals surface area (Å²) in [4.78, 5) is 17.9. The van der Waals surface area contributed by atoms with Crippen LogP contribution in [0.1, 0.15) is 44.7 Å². The molecule has 1 aliphatic heterocycles. The van der Waals surface area contributed by atoms with Crippen LogP contribution in [0, 0.1) is 0 Å². The van der Waals surface area contributed by atoms with Gasteiger partial charge in [0.2, 0.25) is 5.95 Å². The average Bonchev–Trinajstić information content (AvgIpc) is 3.34. The van der Waals surface area contributed by atoms with Crippen LogP contribution in [0.3, 0.4) is 0 Å². The summed E-state index contributed by atoms with van der Waals surface area (Å²) in [5, 5.41) is 10.6. The van der Waals surface area contributed by atoms with E-state index in [4.69, 9.17) is 14.2 Å². The number of ether oxygens (including phenoxy) is 3. The van der Waals surface area contributed by atoms with Crippen molar-refractivity contribution in [3.05, 3.63) is 65.6 Å². The summed E-state index contributed by atoms with van der Waals surface area (Å²) in [5.41, 5.74) is 2.59. The molecule has 1 aliphatic rings. The normalized spacial score (nSPS) is 14.7. The van der Waals surface area contributed by atoms with Gasteiger partial charge in [-0.2, -0.15) is 10.1 Å². The summed E-state index contributed by atoms with van der Waals surface area (Å²) in [6, 6.07) is 12.5. The highest BCUT2D eigenvalue weighted by Gasteiger charge is 2.34. The maximum atomic E-state index is 13.6. The molecule has 0 fully saturated rings. The number of nitrogens with zero attached hydrogens (tertiary/aromatic N) is 3. The summed E-state index contributed by atoms with van der Waals surface area (Å²) in [6.07, 6.45) is 4.68. The standard InChI is InChI=1S/C26H31N5O4/c1-5-6-9-14-35-21-13-12-18(15-22(21)34-4)24-23(17(2)29-26-27-16-28-31(24)26)25(32)30-19-10-7-8-11-20(19)33-3/h7-8,10-13,15-16,24H,5-6,9,14H2,1-4H3,(H,30,32)(H,27,28,29). The molecule has 9 heteroatoms. The molecule has 2 heterocycles. The van der Waals surface area contributed by atoms with Crippen molar-refractivity contribution in [3.8, 4) is 17.2 Å². The predicted molar refractivity (Wildman–Crippen MR) is 134 cm³/mol. The van der Waals surface area contributed by atoms with Crippen LogP contribution in [0.15, 0.2) is 60.1 Å². The fraction of sp³-hybridized carbons (Fsp3) is 0.346. The van der Waals surface area contributed by atoms with E-state index in [0.717, 1.165) is 24.8 Å². The molecule has 0 radical (unpaired) electrons. The van der Waals surface area contributed by atoms with Gasteiger partial charge in [0.05, 0.1) is 32.1 Å². The number of fused-ring (bicyclic) bond motifs is 1. The molecule has 2 aromatic carbocycles. The van der Waals surface area contributed by atoms with Gasteiger partial charge < -0.3 is 24.8 Å². The van der Waals surface area contributed by atoms with Crippen LogP contribution >= 0.6 is 0 Å². The quantitative estimate of drug-likeness (QED) is 0.405. The minimum Gasteiger partial charge on any atom is -0.495 e. The van der Waals surface area contributed by atoms with Crippen molar-refractivity contribution in [3.63, 3.8) is 0 Å². The SMILES string of the molecule is CCCCCOc1ccc(C2C(C(=O)Nc3ccccc3OC)=C(C)Nc3ncnn32)cc1OC. The number of carbonyl (C=O) groups is 1. The van der Waals surface area contributed by atoms with E-state index >= 15 is 0 Å². The summed E-state index contributed by atoms with van der Waals surface area (Å²) in [6.45, 7) is 4.63. The van der Waals surface area contributed by atoms with Gasteiger partial charge in [0.25, 0.3) is 5.91 Å². The number of amides is 1. The van der Waals surface area contributed by atoms with Crippen LogP contribution in [0.5, 0.6) is 17.2 Å². The molecular weight excluding hydrogens is 446 g/mol. The molecule has 0 spiro atoms. The van der Waals surface area contributed by atoms with E-state index in [-0.39, 0.29) is 5.91 Å². The summed E-state index contributed by atoms with van der Waals surface area (Å²) < 4.78 is 18.7. The Morgan fingerprint density at radius 2 is 1.89 bits per heavy atom. The second kappa shape index (κ2) is 10.9. The predicted octanol–water partition coefficient (Wildman–Crippen LogP) is 4.79. The second-order valence-electron chi connectivity index (χ2n) is 8.21. The first-order valence-corrected chi connectivity index (χ1v) is 11.7. The minimum absolute atomic E-state index is 0.274. The van der Waals surface area contributed by atoms with Gasteiger partial charge in [-0.05, 0) is 43.2 Å². The van der Waals surface area contributed by atoms with Crippen LogP contribution < -0.4 is 24.8 Å². The van der Waals surface area contributed by atoms with Crippen LogP contribution in [0.25, 0.3) is 0 Å². The topological polar surface area (TPSA) is 99.5 Å². The monoisotopic (exact) mass is 477 g/mol. The molecule has 184 valence electrons. The zero-order valence-corrected chi connectivity index (χ0v) is 20.5. The van der Waals surface area contributed by atoms with E-state index in [9.17, 15) is 4.79 Å². The van der Waals surface area contributed by atoms with Crippen molar-refractivity contribution in [1.82, 2.24) is 14.8 Å². The van der Waals surface area contributed by atoms with Gasteiger partial charge >= 0.3 is 0 Å². The number of nitrogens with one attached hydrogen (secondary N) is 2. The number of benzene rings is 2. The molecule has 1 atom stereocenters. The maximum Gasteiger partial charge on any atom is 0.255 e. The van der Waals surface area contributed by atoms with Crippen molar-refractivity contribution < 1.29 is 19.0 Å². The molecule has 1 amide bonds. The zero-order chi connectivity index (χ0) is 24.8. The van der Waals surface area contributed by atoms with Gasteiger partial charge in [0.15, 0.2) is 11.5 Å². The third kappa shape index (κ3) is 5.08. The molecule has 0 saturated carbocycles. The molecule has 0 aliphatic carbocycles. The second-order valence-corrected chi connectivity index (χ2v) is 8.21. The smallest absolute Gasteiger partial charge is 0.255 e. The molecule has 4 rings (SSSR count). The first kappa shape index (κ1) is 24.1. The number of anilines is 2. The van der Waals surface area contributed by atoms with E-state index in [1.165, 1.54) is 6.33 Å². The Bertz CT molecular complexity index is 1220. The fourth-order valence-corrected chi connectivity index (χ4v) is 4.14. The Balaban J connectivity index is 1.69. The van der Waals surface area contributed by atoms with E-state index in [2.05, 4.69) is 27.6 Å². The lowest BCUT2D eigenvalue weighted by molar-refractivity contribution is -0.113. The maximum absolute atomic E-state index is 13.6. The summed E-state index contributed by atoms with van der Waals surface area (Å²) >= 11 is 0. The fourth-order valence-electron chi connectivity index (χ4n) is 4.14. The van der Waals surface area contributed by atoms with Crippen LogP contribution in [-0.4, -0.2) is 41.5 Å². The van der Waals surface area contributed by atoms with Crippen LogP contribution in [0.2, 0.25) is 0 Å². The number of carbonyl (C=O) groups excluding carboxylic acids is 1. The molecule has 9 nitrogen and oxygen atoms in total. The highest BCUT2D eigenvalue weighted by molar-refractivity contribution is 6.06. The van der Waals surface area contributed by atoms with Crippen LogP contribution in [0.4, 0.5) is 11.6 Å². The Hall–Kier alpha value is -4.01. The van der Waals surface area contributed by atoms with Gasteiger partial charge in [-0.1, -0.05) is 38.0 Å². The Morgan fingerprint density at radius 3 is 2.66 bits per heavy atom. The van der Waals surface area contributed by atoms with Crippen molar-refractivity contribution in [1.29, 1.82) is 0 Å². The molecule has 1 aromatic heterocycles. The number of hydrogen-bond acceptors (Lipinski definition) is 7. The molecule has 0 bridgehead atoms. The van der Waals surface area contributed by atoms with E-state index < -0.39 is 6.04 Å². The van der Waals surface area contributed by atoms with Crippen LogP contribution in [-0.2, 0) is 4.79 Å². The molecule has 1 unspecified atom stereocenters. The van der Waals surface area contributed by atoms with Gasteiger partial charge in [0.1, 0.15) is 18.1 Å². The Morgan fingerprint density at radius 1 is 1.09 bits per heavy atom. The average molecular weight is 478 g/mol. The first-order chi connectivity index (χ1) is 17.1. The Kier molecular flexibility index (Phi) is 7.54. The largest absolute Gasteiger partial charge is 0.495 e. The molecular formula is C26H31N5O4. The zero-order valence-electron chi connectivity index (χ0n) is 20.5. The number of allylic oxidation sites excluding steroid dienone is 1. The van der Waals surface area contributed by atoms with Gasteiger partial charge in [-0.25, -0.2) is 4.68 Å². The number of para-hydroxylation sites is 2. The highest BCUT2D eigenvalue weighted by atomic mass is 16.5. The number of rotatable bonds is 10. The number of aromatic nitrogens is 3. The molecule has 3 aromatic rings. The van der Waals surface area contributed by atoms with Gasteiger partial charge in [-0.15, -0.1) is 0 Å². The summed E-state index contributed by atoms with van der Waals surface area (Å²) in [7, 11) is 3.18. The van der Waals surface area contributed by atoms with Crippen molar-refractivity contribution in [2.24, 2.45) is 0 Å².